The van der Waals surface area contributed by atoms with E-state index in [9.17, 15) is 0 Å². The molecule has 0 radical (unpaired) electrons. The molecule has 0 bridgehead atoms. The van der Waals surface area contributed by atoms with Gasteiger partial charge in [0, 0.05) is 37.4 Å². The lowest BCUT2D eigenvalue weighted by atomic mass is 9.82. The average molecular weight is 709 g/mol. The fourth-order valence-corrected chi connectivity index (χ4v) is 10.0. The van der Waals surface area contributed by atoms with Gasteiger partial charge in [0.15, 0.2) is 0 Å². The highest BCUT2D eigenvalue weighted by Gasteiger charge is 2.35. The fraction of sp³-hybridized carbons (Fsp3) is 0.0588. The number of aromatic nitrogens is 1. The third-order valence-electron chi connectivity index (χ3n) is 11.6. The van der Waals surface area contributed by atoms with Gasteiger partial charge in [-0.15, -0.1) is 0 Å². The lowest BCUT2D eigenvalue weighted by molar-refractivity contribution is 0.660. The van der Waals surface area contributed by atoms with Crippen molar-refractivity contribution in [2.75, 3.05) is 4.90 Å². The molecule has 0 amide bonds. The third kappa shape index (κ3) is 4.68. The van der Waals surface area contributed by atoms with Crippen LogP contribution in [0.2, 0.25) is 0 Å². The van der Waals surface area contributed by atoms with Crippen LogP contribution in [0, 0.1) is 0 Å². The minimum atomic E-state index is -0.0152. The van der Waals surface area contributed by atoms with Crippen LogP contribution in [0.1, 0.15) is 25.0 Å². The van der Waals surface area contributed by atoms with Crippen molar-refractivity contribution in [3.8, 4) is 39.1 Å². The van der Waals surface area contributed by atoms with E-state index >= 15 is 0 Å². The first-order valence-corrected chi connectivity index (χ1v) is 19.5. The second kappa shape index (κ2) is 11.9. The highest BCUT2D eigenvalue weighted by molar-refractivity contribution is 7.99. The molecule has 1 aliphatic heterocycles. The predicted octanol–water partition coefficient (Wildman–Crippen LogP) is 14.4. The molecule has 0 atom stereocenters. The van der Waals surface area contributed by atoms with E-state index in [0.717, 1.165) is 5.69 Å². The molecule has 11 rings (SSSR count). The van der Waals surface area contributed by atoms with E-state index in [0.29, 0.717) is 0 Å². The molecule has 256 valence electrons. The van der Waals surface area contributed by atoms with Gasteiger partial charge in [-0.3, -0.25) is 0 Å². The van der Waals surface area contributed by atoms with E-state index in [1.165, 1.54) is 93.2 Å². The van der Waals surface area contributed by atoms with Crippen molar-refractivity contribution in [1.29, 1.82) is 0 Å². The number of hydrogen-bond acceptors (Lipinski definition) is 2. The average Bonchev–Trinajstić information content (AvgIpc) is 3.67. The van der Waals surface area contributed by atoms with Crippen LogP contribution in [0.25, 0.3) is 60.9 Å². The van der Waals surface area contributed by atoms with Gasteiger partial charge in [0.1, 0.15) is 0 Å². The SMILES string of the molecule is CC1(C)c2ccccc2-c2cc(-n3c4ccccc4c4cc(-c5ccc6c(c5)Sc5ccccc5N6c5cccc(-c6ccccc6)c5)ccc43)ccc21. The smallest absolute Gasteiger partial charge is 0.0602 e. The summed E-state index contributed by atoms with van der Waals surface area (Å²) in [5, 5.41) is 2.53. The summed E-state index contributed by atoms with van der Waals surface area (Å²) in [4.78, 5) is 4.93. The van der Waals surface area contributed by atoms with E-state index in [1.54, 1.807) is 0 Å². The molecule has 0 saturated heterocycles. The molecule has 0 unspecified atom stereocenters. The molecule has 0 fully saturated rings. The minimum absolute atomic E-state index is 0.0152. The van der Waals surface area contributed by atoms with Gasteiger partial charge in [0.25, 0.3) is 0 Å². The van der Waals surface area contributed by atoms with Gasteiger partial charge >= 0.3 is 0 Å². The van der Waals surface area contributed by atoms with Gasteiger partial charge < -0.3 is 9.47 Å². The van der Waals surface area contributed by atoms with Crippen LogP contribution in [0.4, 0.5) is 17.1 Å². The van der Waals surface area contributed by atoms with Gasteiger partial charge in [-0.25, -0.2) is 0 Å². The van der Waals surface area contributed by atoms with Crippen LogP contribution in [0.15, 0.2) is 192 Å². The number of nitrogens with zero attached hydrogens (tertiary/aromatic N) is 2. The Hall–Kier alpha value is -6.29. The predicted molar refractivity (Wildman–Crippen MR) is 228 cm³/mol. The first-order chi connectivity index (χ1) is 26.5. The molecule has 1 aromatic heterocycles. The standard InChI is InChI=1S/C51H36N2S/c1-51(2)43-19-8-6-17-39(43)41-32-38(25-26-44(41)51)52-45-20-9-7-18-40(45)42-30-35(23-27-46(42)52)36-24-28-48-50(31-36)54-49-22-11-10-21-47(49)53(48)37-16-12-15-34(29-37)33-13-4-3-5-14-33/h3-32H,1-2H3. The van der Waals surface area contributed by atoms with Crippen LogP contribution in [-0.4, -0.2) is 4.57 Å². The second-order valence-electron chi connectivity index (χ2n) is 15.0. The molecular formula is C51H36N2S. The Morgan fingerprint density at radius 3 is 2.02 bits per heavy atom. The number of benzene rings is 8. The molecule has 2 nitrogen and oxygen atoms in total. The van der Waals surface area contributed by atoms with Gasteiger partial charge in [0.2, 0.25) is 0 Å². The van der Waals surface area contributed by atoms with Crippen LogP contribution in [-0.2, 0) is 5.41 Å². The maximum absolute atomic E-state index is 2.45. The molecule has 0 N–H and O–H groups in total. The highest BCUT2D eigenvalue weighted by atomic mass is 32.2. The largest absolute Gasteiger partial charge is 0.309 e. The Morgan fingerprint density at radius 2 is 1.09 bits per heavy atom. The van der Waals surface area contributed by atoms with E-state index in [2.05, 4.69) is 205 Å². The molecule has 2 heterocycles. The van der Waals surface area contributed by atoms with Gasteiger partial charge in [-0.2, -0.15) is 0 Å². The highest BCUT2D eigenvalue weighted by Crippen LogP contribution is 2.53. The van der Waals surface area contributed by atoms with Crippen LogP contribution in [0.3, 0.4) is 0 Å². The first-order valence-electron chi connectivity index (χ1n) is 18.7. The van der Waals surface area contributed by atoms with Gasteiger partial charge in [-0.05, 0) is 111 Å². The fourth-order valence-electron chi connectivity index (χ4n) is 8.95. The Balaban J connectivity index is 1.02. The summed E-state index contributed by atoms with van der Waals surface area (Å²) in [5.74, 6) is 0. The van der Waals surface area contributed by atoms with E-state index in [-0.39, 0.29) is 5.41 Å². The summed E-state index contributed by atoms with van der Waals surface area (Å²) < 4.78 is 2.45. The maximum atomic E-state index is 2.45. The molecular weight excluding hydrogens is 673 g/mol. The summed E-state index contributed by atoms with van der Waals surface area (Å²) in [6.07, 6.45) is 0. The molecule has 8 aromatic carbocycles. The van der Waals surface area contributed by atoms with E-state index < -0.39 is 0 Å². The number of para-hydroxylation sites is 2. The molecule has 0 saturated carbocycles. The monoisotopic (exact) mass is 708 g/mol. The van der Waals surface area contributed by atoms with E-state index in [1.807, 2.05) is 11.8 Å². The lowest BCUT2D eigenvalue weighted by Gasteiger charge is -2.33. The number of rotatable bonds is 4. The topological polar surface area (TPSA) is 8.17 Å². The van der Waals surface area contributed by atoms with Crippen LogP contribution < -0.4 is 4.90 Å². The first kappa shape index (κ1) is 31.3. The zero-order valence-corrected chi connectivity index (χ0v) is 30.9. The third-order valence-corrected chi connectivity index (χ3v) is 12.7. The second-order valence-corrected chi connectivity index (χ2v) is 16.1. The van der Waals surface area contributed by atoms with Crippen molar-refractivity contribution in [2.24, 2.45) is 0 Å². The Morgan fingerprint density at radius 1 is 0.407 bits per heavy atom. The number of anilines is 3. The van der Waals surface area contributed by atoms with Crippen molar-refractivity contribution in [3.63, 3.8) is 0 Å². The van der Waals surface area contributed by atoms with E-state index in [4.69, 9.17) is 0 Å². The quantitative estimate of drug-likeness (QED) is 0.180. The van der Waals surface area contributed by atoms with Crippen LogP contribution >= 0.6 is 11.8 Å². The minimum Gasteiger partial charge on any atom is -0.309 e. The molecule has 54 heavy (non-hydrogen) atoms. The van der Waals surface area contributed by atoms with Crippen molar-refractivity contribution in [2.45, 2.75) is 29.1 Å². The zero-order chi connectivity index (χ0) is 36.0. The summed E-state index contributed by atoms with van der Waals surface area (Å²) in [5.41, 5.74) is 17.5. The molecule has 9 aromatic rings. The number of fused-ring (bicyclic) bond motifs is 8. The number of hydrogen-bond donors (Lipinski definition) is 0. The van der Waals surface area contributed by atoms with Gasteiger partial charge in [-0.1, -0.05) is 141 Å². The summed E-state index contributed by atoms with van der Waals surface area (Å²) in [7, 11) is 0. The maximum Gasteiger partial charge on any atom is 0.0602 e. The normalized spacial score (nSPS) is 13.8. The summed E-state index contributed by atoms with van der Waals surface area (Å²) in [6, 6.07) is 67.1. The van der Waals surface area contributed by atoms with Crippen LogP contribution in [0.5, 0.6) is 0 Å². The lowest BCUT2D eigenvalue weighted by Crippen LogP contribution is -2.14. The summed E-state index contributed by atoms with van der Waals surface area (Å²) in [6.45, 7) is 4.69. The molecule has 2 aliphatic rings. The summed E-state index contributed by atoms with van der Waals surface area (Å²) >= 11 is 1.86. The molecule has 1 aliphatic carbocycles. The van der Waals surface area contributed by atoms with Crippen molar-refractivity contribution in [3.05, 3.63) is 193 Å². The molecule has 0 spiro atoms. The Kier molecular flexibility index (Phi) is 6.87. The van der Waals surface area contributed by atoms with Crippen molar-refractivity contribution in [1.82, 2.24) is 4.57 Å². The Labute approximate surface area is 320 Å². The molecule has 3 heteroatoms. The van der Waals surface area contributed by atoms with Crippen molar-refractivity contribution >= 4 is 50.6 Å². The zero-order valence-electron chi connectivity index (χ0n) is 30.1. The van der Waals surface area contributed by atoms with Gasteiger partial charge in [0.05, 0.1) is 22.4 Å². The Bertz CT molecular complexity index is 2950. The van der Waals surface area contributed by atoms with Crippen molar-refractivity contribution < 1.29 is 0 Å².